The molecule has 12 heterocycles. The molecule has 12 aromatic heterocycles. The fraction of sp³-hybridized carbons (Fsp3) is 0.661. The SMILES string of the molecule is CC.CC.CC.CC.CC.CC.CC.CC.CC.CC.CC.CC.CC.CC.CC.CC.CC.CC.CC(C)c1ccc2nc(C(C)C)cn2c1.CC(C)c1ccc2nc(C(C)C)nn2c1.CC(C)c1ccn2nc(C(C)C)nc2c1.CC(C)c1cn2cc(C(C)C)nc2cn1.CC(C)c1cn2nc(C(C)C)ccc2n1.CC(C)c1cnc2nc(C(C)C)cn2c1. The first-order chi connectivity index (χ1) is 60.5. The summed E-state index contributed by atoms with van der Waals surface area (Å²) in [5.74, 6) is 8.30. The average molecular weight is 1760 g/mol. The van der Waals surface area contributed by atoms with Crippen molar-refractivity contribution in [2.45, 2.75) is 486 Å². The summed E-state index contributed by atoms with van der Waals surface area (Å²) in [7, 11) is 0. The molecule has 0 amide bonds. The Hall–Kier alpha value is -8.21. The van der Waals surface area contributed by atoms with E-state index >= 15 is 0 Å². The van der Waals surface area contributed by atoms with Crippen molar-refractivity contribution in [1.82, 2.24) is 81.9 Å². The molecule has 0 fully saturated rings. The van der Waals surface area contributed by atoms with Crippen LogP contribution in [0.3, 0.4) is 0 Å². The van der Waals surface area contributed by atoms with Gasteiger partial charge in [0.25, 0.3) is 0 Å². The van der Waals surface area contributed by atoms with Crippen molar-refractivity contribution < 1.29 is 0 Å². The van der Waals surface area contributed by atoms with Crippen LogP contribution in [0.25, 0.3) is 34.0 Å². The Morgan fingerprint density at radius 3 is 0.889 bits per heavy atom. The Bertz CT molecular complexity index is 3480. The van der Waals surface area contributed by atoms with Gasteiger partial charge in [-0.25, -0.2) is 48.4 Å². The second-order valence-corrected chi connectivity index (χ2v) is 27.4. The van der Waals surface area contributed by atoms with Gasteiger partial charge >= 0.3 is 0 Å². The maximum Gasteiger partial charge on any atom is 0.233 e. The molecule has 0 bridgehead atoms. The molecule has 0 aliphatic rings. The quantitative estimate of drug-likeness (QED) is 0.114. The summed E-state index contributed by atoms with van der Waals surface area (Å²) in [6.07, 6.45) is 22.5. The summed E-state index contributed by atoms with van der Waals surface area (Å²) in [6, 6.07) is 16.7. The lowest BCUT2D eigenvalue weighted by atomic mass is 10.1. The first-order valence-corrected chi connectivity index (χ1v) is 50.7. The molecule has 0 atom stereocenters. The zero-order valence-corrected chi connectivity index (χ0v) is 94.5. The highest BCUT2D eigenvalue weighted by atomic mass is 15.3. The van der Waals surface area contributed by atoms with Gasteiger partial charge in [-0.3, -0.25) is 9.38 Å². The van der Waals surface area contributed by atoms with Crippen LogP contribution in [0.15, 0.2) is 117 Å². The van der Waals surface area contributed by atoms with Gasteiger partial charge in [0.2, 0.25) is 5.78 Å². The fourth-order valence-corrected chi connectivity index (χ4v) is 9.18. The number of pyridine rings is 3. The number of rotatable bonds is 12. The number of nitrogens with zero attached hydrogens (tertiary/aromatic N) is 17. The predicted molar refractivity (Wildman–Crippen MR) is 573 cm³/mol. The number of hydrogen-bond acceptors (Lipinski definition) is 11. The smallest absolute Gasteiger partial charge is 0.233 e. The third kappa shape index (κ3) is 55.5. The second-order valence-electron chi connectivity index (χ2n) is 27.4. The normalized spacial score (nSPS) is 9.33. The van der Waals surface area contributed by atoms with Crippen LogP contribution in [0.2, 0.25) is 0 Å². The van der Waals surface area contributed by atoms with Crippen molar-refractivity contribution in [2.75, 3.05) is 0 Å². The zero-order chi connectivity index (χ0) is 102. The van der Waals surface area contributed by atoms with E-state index in [0.717, 1.165) is 79.8 Å². The topological polar surface area (TPSA) is 168 Å². The van der Waals surface area contributed by atoms with Gasteiger partial charge in [0.15, 0.2) is 34.2 Å². The Morgan fingerprint density at radius 2 is 0.492 bits per heavy atom. The van der Waals surface area contributed by atoms with Crippen LogP contribution in [0, 0.1) is 0 Å². The zero-order valence-electron chi connectivity index (χ0n) is 94.5. The average Bonchev–Trinajstić information content (AvgIpc) is 1.73. The third-order valence-electron chi connectivity index (χ3n) is 15.6. The standard InChI is InChI=1S/C13H18N2.5C12H17N3.18C2H6/c1-9(2)11-5-6-13-14-12(10(3)4)8-15(13)7-11;1-8(2)10-6-15-7-11(9(3)4)14-12(15)5-13-10;1-8(2)10-5-13-12-14-11(9(3)4)7-15(12)6-10;1-8(2)10-5-6-12-13-11(9(3)4)7-15(12)14-10;1-8(2)10-5-6-15-11(7-10)13-12(14-15)9(3)4;1-8(2)10-5-6-11-13-12(9(3)4)14-15(11)7-10;18*1-2/h5-10H,1-4H3;5*5-9H,1-4H3;18*1-2H3. The van der Waals surface area contributed by atoms with E-state index in [1.807, 2.05) is 304 Å². The molecule has 17 nitrogen and oxygen atoms in total. The van der Waals surface area contributed by atoms with Crippen LogP contribution in [0.1, 0.15) is 555 Å². The summed E-state index contributed by atoms with van der Waals surface area (Å²) >= 11 is 0. The Morgan fingerprint density at radius 1 is 0.190 bits per heavy atom. The van der Waals surface area contributed by atoms with Crippen molar-refractivity contribution in [1.29, 1.82) is 0 Å². The summed E-state index contributed by atoms with van der Waals surface area (Å²) < 4.78 is 11.8. The minimum Gasteiger partial charge on any atom is -0.307 e. The number of aromatic nitrogens is 17. The minimum atomic E-state index is 0.382. The van der Waals surface area contributed by atoms with Crippen molar-refractivity contribution in [3.8, 4) is 0 Å². The van der Waals surface area contributed by atoms with Crippen LogP contribution in [0.5, 0.6) is 0 Å². The van der Waals surface area contributed by atoms with E-state index in [9.17, 15) is 0 Å². The molecule has 0 aliphatic heterocycles. The molecule has 0 unspecified atom stereocenters. The maximum atomic E-state index is 4.58. The lowest BCUT2D eigenvalue weighted by molar-refractivity contribution is 0.759. The lowest BCUT2D eigenvalue weighted by Crippen LogP contribution is -1.98. The summed E-state index contributed by atoms with van der Waals surface area (Å²) in [5.41, 5.74) is 16.7. The van der Waals surface area contributed by atoms with Crippen LogP contribution in [-0.2, 0) is 0 Å². The lowest BCUT2D eigenvalue weighted by Gasteiger charge is -2.04. The van der Waals surface area contributed by atoms with Gasteiger partial charge in [-0.2, -0.15) is 15.3 Å². The van der Waals surface area contributed by atoms with E-state index in [-0.39, 0.29) is 0 Å². The Labute approximate surface area is 782 Å². The van der Waals surface area contributed by atoms with Gasteiger partial charge in [-0.05, 0) is 118 Å². The van der Waals surface area contributed by atoms with E-state index in [2.05, 4.69) is 310 Å². The molecule has 0 N–H and O–H groups in total. The van der Waals surface area contributed by atoms with Crippen molar-refractivity contribution in [3.05, 3.63) is 185 Å². The monoisotopic (exact) mass is 1760 g/mol. The van der Waals surface area contributed by atoms with E-state index < -0.39 is 0 Å². The van der Waals surface area contributed by atoms with Gasteiger partial charge in [0.05, 0.1) is 46.6 Å². The van der Waals surface area contributed by atoms with Crippen molar-refractivity contribution in [2.24, 2.45) is 0 Å². The second kappa shape index (κ2) is 93.0. The van der Waals surface area contributed by atoms with Gasteiger partial charge in [-0.1, -0.05) is 428 Å². The molecule has 17 heteroatoms. The summed E-state index contributed by atoms with van der Waals surface area (Å²) in [6.45, 7) is 124. The van der Waals surface area contributed by atoms with E-state index in [0.29, 0.717) is 71.0 Å². The van der Waals surface area contributed by atoms with Gasteiger partial charge in [-0.15, -0.1) is 0 Å². The van der Waals surface area contributed by atoms with Gasteiger partial charge in [0.1, 0.15) is 5.65 Å². The van der Waals surface area contributed by atoms with Gasteiger partial charge < -0.3 is 8.80 Å². The predicted octanol–water partition coefficient (Wildman–Crippen LogP) is 36.9. The Kier molecular flexibility index (Phi) is 106. The third-order valence-corrected chi connectivity index (χ3v) is 15.6. The number of fused-ring (bicyclic) bond motifs is 6. The van der Waals surface area contributed by atoms with E-state index in [1.165, 1.54) is 22.3 Å². The van der Waals surface area contributed by atoms with Crippen LogP contribution < -0.4 is 0 Å². The van der Waals surface area contributed by atoms with Crippen LogP contribution in [-0.4, -0.2) is 81.9 Å². The number of imidazole rings is 4. The molecule has 126 heavy (non-hydrogen) atoms. The molecule has 0 aliphatic carbocycles. The van der Waals surface area contributed by atoms with Crippen LogP contribution >= 0.6 is 0 Å². The molecular formula is C109H211N17. The summed E-state index contributed by atoms with van der Waals surface area (Å²) in [5, 5.41) is 13.4. The fourth-order valence-electron chi connectivity index (χ4n) is 9.18. The molecule has 12 rings (SSSR count). The highest BCUT2D eigenvalue weighted by Crippen LogP contribution is 2.24. The molecule has 0 saturated carbocycles. The van der Waals surface area contributed by atoms with Gasteiger partial charge in [0, 0.05) is 67.6 Å². The highest BCUT2D eigenvalue weighted by molar-refractivity contribution is 5.45. The van der Waals surface area contributed by atoms with Crippen molar-refractivity contribution in [3.63, 3.8) is 0 Å². The van der Waals surface area contributed by atoms with Crippen molar-refractivity contribution >= 4 is 34.0 Å². The first-order valence-electron chi connectivity index (χ1n) is 50.7. The molecule has 0 spiro atoms. The first kappa shape index (κ1) is 144. The number of hydrogen-bond donors (Lipinski definition) is 0. The summed E-state index contributed by atoms with van der Waals surface area (Å²) in [4.78, 5) is 35.8. The van der Waals surface area contributed by atoms with E-state index in [1.54, 1.807) is 0 Å². The maximum absolute atomic E-state index is 4.58. The highest BCUT2D eigenvalue weighted by Gasteiger charge is 2.14. The molecule has 12 aromatic rings. The van der Waals surface area contributed by atoms with Crippen LogP contribution in [0.4, 0.5) is 0 Å². The molecule has 0 aromatic carbocycles. The minimum absolute atomic E-state index is 0.382. The molecule has 732 valence electrons. The molecule has 0 saturated heterocycles. The van der Waals surface area contributed by atoms with E-state index in [4.69, 9.17) is 0 Å². The molecular weight excluding hydrogens is 1550 g/mol. The Balaban J connectivity index is -0.000000115. The largest absolute Gasteiger partial charge is 0.307 e. The molecule has 0 radical (unpaired) electrons.